The Morgan fingerprint density at radius 1 is 0.871 bits per heavy atom. The van der Waals surface area contributed by atoms with Crippen LogP contribution in [0.2, 0.25) is 0 Å². The van der Waals surface area contributed by atoms with Crippen molar-refractivity contribution in [3.63, 3.8) is 0 Å². The van der Waals surface area contributed by atoms with E-state index in [1.807, 2.05) is 0 Å². The molecule has 0 amide bonds. The third kappa shape index (κ3) is 4.56. The van der Waals surface area contributed by atoms with Crippen LogP contribution in [-0.4, -0.2) is 6.61 Å². The number of ether oxygens (including phenoxy) is 2. The second-order valence-electron chi connectivity index (χ2n) is 8.94. The first-order chi connectivity index (χ1) is 15.0. The minimum atomic E-state index is -1.02. The normalized spacial score (nSPS) is 20.0. The number of hydrogen-bond donors (Lipinski definition) is 0. The van der Waals surface area contributed by atoms with Gasteiger partial charge < -0.3 is 9.47 Å². The van der Waals surface area contributed by atoms with Crippen molar-refractivity contribution in [1.29, 1.82) is 0 Å². The van der Waals surface area contributed by atoms with Gasteiger partial charge in [-0.3, -0.25) is 0 Å². The van der Waals surface area contributed by atoms with E-state index in [1.165, 1.54) is 38.5 Å². The van der Waals surface area contributed by atoms with E-state index in [2.05, 4.69) is 6.92 Å². The monoisotopic (exact) mass is 432 g/mol. The molecular formula is C26H31F3O2. The van der Waals surface area contributed by atoms with E-state index in [-0.39, 0.29) is 17.2 Å². The van der Waals surface area contributed by atoms with Gasteiger partial charge in [0.1, 0.15) is 0 Å². The van der Waals surface area contributed by atoms with Gasteiger partial charge in [-0.05, 0) is 49.3 Å². The first-order valence-corrected chi connectivity index (χ1v) is 11.6. The molecule has 5 heteroatoms. The van der Waals surface area contributed by atoms with Gasteiger partial charge in [-0.1, -0.05) is 51.5 Å². The van der Waals surface area contributed by atoms with Crippen LogP contribution in [0.3, 0.4) is 0 Å². The number of benzene rings is 2. The molecule has 1 fully saturated rings. The van der Waals surface area contributed by atoms with Gasteiger partial charge in [0.2, 0.25) is 11.6 Å². The number of aryl methyl sites for hydroxylation is 1. The molecule has 0 aromatic heterocycles. The van der Waals surface area contributed by atoms with Crippen LogP contribution in [0.4, 0.5) is 13.2 Å². The molecule has 31 heavy (non-hydrogen) atoms. The molecule has 2 nitrogen and oxygen atoms in total. The molecule has 0 bridgehead atoms. The first-order valence-electron chi connectivity index (χ1n) is 11.6. The lowest BCUT2D eigenvalue weighted by Gasteiger charge is -2.28. The molecule has 2 aromatic carbocycles. The minimum absolute atomic E-state index is 0.0517. The van der Waals surface area contributed by atoms with Crippen molar-refractivity contribution in [2.24, 2.45) is 11.8 Å². The van der Waals surface area contributed by atoms with E-state index >= 15 is 0 Å². The summed E-state index contributed by atoms with van der Waals surface area (Å²) in [6.07, 6.45) is 9.08. The maximum atomic E-state index is 14.9. The Labute approximate surface area is 182 Å². The van der Waals surface area contributed by atoms with Crippen LogP contribution in [-0.2, 0) is 12.8 Å². The van der Waals surface area contributed by atoms with E-state index in [4.69, 9.17) is 9.47 Å². The Kier molecular flexibility index (Phi) is 6.78. The van der Waals surface area contributed by atoms with Crippen LogP contribution in [0.5, 0.6) is 17.2 Å². The van der Waals surface area contributed by atoms with Crippen molar-refractivity contribution < 1.29 is 22.6 Å². The van der Waals surface area contributed by atoms with Crippen LogP contribution >= 0.6 is 0 Å². The van der Waals surface area contributed by atoms with Crippen LogP contribution in [0.25, 0.3) is 0 Å². The number of fused-ring (bicyclic) bond motifs is 2. The molecule has 0 spiro atoms. The molecule has 1 aliphatic carbocycles. The quantitative estimate of drug-likeness (QED) is 0.380. The van der Waals surface area contributed by atoms with Crippen molar-refractivity contribution in [3.8, 4) is 17.2 Å². The van der Waals surface area contributed by atoms with Crippen LogP contribution in [0.15, 0.2) is 18.2 Å². The van der Waals surface area contributed by atoms with E-state index in [1.54, 1.807) is 25.1 Å². The second kappa shape index (κ2) is 9.54. The molecule has 0 N–H and O–H groups in total. The maximum Gasteiger partial charge on any atom is 0.207 e. The Balaban J connectivity index is 1.49. The summed E-state index contributed by atoms with van der Waals surface area (Å²) in [5.41, 5.74) is 1.57. The van der Waals surface area contributed by atoms with Gasteiger partial charge >= 0.3 is 0 Å². The average molecular weight is 433 g/mol. The molecule has 0 saturated heterocycles. The third-order valence-corrected chi connectivity index (χ3v) is 6.83. The smallest absolute Gasteiger partial charge is 0.207 e. The summed E-state index contributed by atoms with van der Waals surface area (Å²) in [6.45, 7) is 4.29. The third-order valence-electron chi connectivity index (χ3n) is 6.83. The molecule has 2 aromatic rings. The summed E-state index contributed by atoms with van der Waals surface area (Å²) in [5, 5.41) is 0. The highest BCUT2D eigenvalue weighted by Gasteiger charge is 2.29. The molecule has 0 radical (unpaired) electrons. The summed E-state index contributed by atoms with van der Waals surface area (Å²) in [5.74, 6) is -1.39. The van der Waals surface area contributed by atoms with Crippen molar-refractivity contribution >= 4 is 0 Å². The fourth-order valence-electron chi connectivity index (χ4n) is 5.12. The van der Waals surface area contributed by atoms with Gasteiger partial charge in [0, 0.05) is 17.5 Å². The summed E-state index contributed by atoms with van der Waals surface area (Å²) in [4.78, 5) is 0. The predicted octanol–water partition coefficient (Wildman–Crippen LogP) is 7.74. The molecule has 168 valence electrons. The van der Waals surface area contributed by atoms with Crippen molar-refractivity contribution in [2.75, 3.05) is 6.61 Å². The Morgan fingerprint density at radius 2 is 1.55 bits per heavy atom. The minimum Gasteiger partial charge on any atom is -0.491 e. The fourth-order valence-corrected chi connectivity index (χ4v) is 5.12. The van der Waals surface area contributed by atoms with E-state index in [0.717, 1.165) is 12.3 Å². The van der Waals surface area contributed by atoms with Gasteiger partial charge in [-0.2, -0.15) is 8.78 Å². The maximum absolute atomic E-state index is 14.9. The summed E-state index contributed by atoms with van der Waals surface area (Å²) < 4.78 is 55.1. The lowest BCUT2D eigenvalue weighted by molar-refractivity contribution is 0.251. The van der Waals surface area contributed by atoms with Crippen LogP contribution < -0.4 is 9.47 Å². The molecule has 2 aliphatic rings. The highest BCUT2D eigenvalue weighted by Crippen LogP contribution is 2.44. The highest BCUT2D eigenvalue weighted by molar-refractivity contribution is 5.54. The zero-order valence-corrected chi connectivity index (χ0v) is 18.4. The molecule has 4 rings (SSSR count). The van der Waals surface area contributed by atoms with Gasteiger partial charge in [-0.15, -0.1) is 0 Å². The van der Waals surface area contributed by atoms with Crippen molar-refractivity contribution in [3.05, 3.63) is 52.3 Å². The van der Waals surface area contributed by atoms with Crippen LogP contribution in [0, 0.1) is 29.3 Å². The zero-order valence-electron chi connectivity index (χ0n) is 18.4. The lowest BCUT2D eigenvalue weighted by atomic mass is 9.78. The Hall–Kier alpha value is -2.17. The highest BCUT2D eigenvalue weighted by atomic mass is 19.2. The summed E-state index contributed by atoms with van der Waals surface area (Å²) in [6, 6.07) is 4.98. The molecule has 0 atom stereocenters. The summed E-state index contributed by atoms with van der Waals surface area (Å²) >= 11 is 0. The van der Waals surface area contributed by atoms with E-state index < -0.39 is 17.5 Å². The number of rotatable bonds is 7. The fraction of sp³-hybridized carbons (Fsp3) is 0.538. The Morgan fingerprint density at radius 3 is 2.23 bits per heavy atom. The van der Waals surface area contributed by atoms with Crippen LogP contribution in [0.1, 0.15) is 75.5 Å². The molecule has 1 aliphatic heterocycles. The standard InChI is InChI=1S/C26H31F3O2/c1-3-5-16-6-8-17(9-7-16)10-11-18-14-20-15-19-12-13-21(30-4-2)23(28)25(19)31-26(20)24(29)22(18)27/h12-14,16-17H,3-11,15H2,1-2H3. The number of halogens is 3. The van der Waals surface area contributed by atoms with Gasteiger partial charge in [0.05, 0.1) is 6.61 Å². The second-order valence-corrected chi connectivity index (χ2v) is 8.94. The first kappa shape index (κ1) is 22.0. The van der Waals surface area contributed by atoms with E-state index in [0.29, 0.717) is 42.1 Å². The Bertz CT molecular complexity index is 933. The zero-order chi connectivity index (χ0) is 22.0. The van der Waals surface area contributed by atoms with Crippen molar-refractivity contribution in [2.45, 2.75) is 71.6 Å². The molecule has 1 heterocycles. The molecular weight excluding hydrogens is 401 g/mol. The van der Waals surface area contributed by atoms with Crippen molar-refractivity contribution in [1.82, 2.24) is 0 Å². The number of hydrogen-bond acceptors (Lipinski definition) is 2. The van der Waals surface area contributed by atoms with E-state index in [9.17, 15) is 13.2 Å². The molecule has 1 saturated carbocycles. The van der Waals surface area contributed by atoms with Gasteiger partial charge in [0.15, 0.2) is 23.1 Å². The SMILES string of the molecule is CCCC1CCC(CCc2cc3c(c(F)c2F)Oc2c(ccc(OCC)c2F)C3)CC1. The van der Waals surface area contributed by atoms with Gasteiger partial charge in [0.25, 0.3) is 0 Å². The topological polar surface area (TPSA) is 18.5 Å². The average Bonchev–Trinajstić information content (AvgIpc) is 2.78. The lowest BCUT2D eigenvalue weighted by Crippen LogP contribution is -2.16. The molecule has 0 unspecified atom stereocenters. The summed E-state index contributed by atoms with van der Waals surface area (Å²) in [7, 11) is 0. The predicted molar refractivity (Wildman–Crippen MR) is 115 cm³/mol. The van der Waals surface area contributed by atoms with Gasteiger partial charge in [-0.25, -0.2) is 4.39 Å². The largest absolute Gasteiger partial charge is 0.491 e.